The van der Waals surface area contributed by atoms with Gasteiger partial charge in [-0.3, -0.25) is 4.79 Å². The van der Waals surface area contributed by atoms with Crippen LogP contribution < -0.4 is 10.6 Å². The van der Waals surface area contributed by atoms with Crippen LogP contribution in [0.3, 0.4) is 0 Å². The van der Waals surface area contributed by atoms with Crippen molar-refractivity contribution in [3.8, 4) is 0 Å². The number of benzene rings is 1. The molecule has 0 spiro atoms. The second-order valence-electron chi connectivity index (χ2n) is 5.34. The quantitative estimate of drug-likeness (QED) is 0.871. The Kier molecular flexibility index (Phi) is 3.69. The molecule has 1 fully saturated rings. The zero-order chi connectivity index (χ0) is 13.1. The van der Waals surface area contributed by atoms with Crippen molar-refractivity contribution < 1.29 is 9.53 Å². The number of fused-ring (bicyclic) bond motifs is 1. The first kappa shape index (κ1) is 12.5. The van der Waals surface area contributed by atoms with E-state index in [0.717, 1.165) is 50.3 Å². The van der Waals surface area contributed by atoms with Crippen LogP contribution in [0.15, 0.2) is 18.2 Å². The molecule has 4 heteroatoms. The molecule has 4 nitrogen and oxygen atoms in total. The summed E-state index contributed by atoms with van der Waals surface area (Å²) in [6.07, 6.45) is 3.26. The monoisotopic (exact) mass is 260 g/mol. The highest BCUT2D eigenvalue weighted by molar-refractivity contribution is 5.95. The van der Waals surface area contributed by atoms with Gasteiger partial charge in [-0.25, -0.2) is 0 Å². The van der Waals surface area contributed by atoms with Gasteiger partial charge in [-0.1, -0.05) is 0 Å². The topological polar surface area (TPSA) is 50.4 Å². The van der Waals surface area contributed by atoms with Gasteiger partial charge >= 0.3 is 0 Å². The second kappa shape index (κ2) is 5.61. The number of ether oxygens (including phenoxy) is 1. The average molecular weight is 260 g/mol. The molecule has 0 aliphatic carbocycles. The first-order valence-corrected chi connectivity index (χ1v) is 7.05. The van der Waals surface area contributed by atoms with Crippen LogP contribution in [0.1, 0.15) is 28.8 Å². The predicted molar refractivity (Wildman–Crippen MR) is 74.5 cm³/mol. The fourth-order valence-electron chi connectivity index (χ4n) is 2.75. The maximum Gasteiger partial charge on any atom is 0.251 e. The van der Waals surface area contributed by atoms with Gasteiger partial charge in [-0.05, 0) is 48.9 Å². The van der Waals surface area contributed by atoms with Crippen molar-refractivity contribution in [1.82, 2.24) is 5.32 Å². The molecule has 2 N–H and O–H groups in total. The van der Waals surface area contributed by atoms with Gasteiger partial charge in [-0.2, -0.15) is 0 Å². The summed E-state index contributed by atoms with van der Waals surface area (Å²) in [5.41, 5.74) is 3.17. The van der Waals surface area contributed by atoms with Crippen molar-refractivity contribution in [1.29, 1.82) is 0 Å². The van der Waals surface area contributed by atoms with Crippen molar-refractivity contribution in [2.24, 2.45) is 5.92 Å². The molecule has 102 valence electrons. The lowest BCUT2D eigenvalue weighted by molar-refractivity contribution is 0.0536. The number of hydrogen-bond acceptors (Lipinski definition) is 3. The largest absolute Gasteiger partial charge is 0.384 e. The molecule has 2 aliphatic rings. The third kappa shape index (κ3) is 2.89. The Balaban J connectivity index is 1.57. The Hall–Kier alpha value is -1.55. The molecule has 1 saturated heterocycles. The molecule has 1 aromatic carbocycles. The summed E-state index contributed by atoms with van der Waals surface area (Å²) in [4.78, 5) is 12.1. The van der Waals surface area contributed by atoms with E-state index in [-0.39, 0.29) is 5.91 Å². The highest BCUT2D eigenvalue weighted by Gasteiger charge is 2.17. The summed E-state index contributed by atoms with van der Waals surface area (Å²) in [7, 11) is 0. The fourth-order valence-corrected chi connectivity index (χ4v) is 2.75. The lowest BCUT2D eigenvalue weighted by Gasteiger charge is -2.22. The average Bonchev–Trinajstić information content (AvgIpc) is 2.93. The highest BCUT2D eigenvalue weighted by Crippen LogP contribution is 2.23. The van der Waals surface area contributed by atoms with Crippen molar-refractivity contribution >= 4 is 11.6 Å². The van der Waals surface area contributed by atoms with E-state index in [0.29, 0.717) is 12.5 Å². The van der Waals surface area contributed by atoms with Gasteiger partial charge in [0.2, 0.25) is 0 Å². The molecule has 1 unspecified atom stereocenters. The van der Waals surface area contributed by atoms with E-state index in [1.54, 1.807) is 0 Å². The summed E-state index contributed by atoms with van der Waals surface area (Å²) in [5, 5.41) is 6.32. The van der Waals surface area contributed by atoms with Gasteiger partial charge < -0.3 is 15.4 Å². The standard InChI is InChI=1S/C15H20N2O2/c18-15(17-9-11-2-1-7-19-10-11)13-3-4-14-12(8-13)5-6-16-14/h3-4,8,11,16H,1-2,5-7,9-10H2,(H,17,18). The lowest BCUT2D eigenvalue weighted by Crippen LogP contribution is -2.33. The molecule has 2 aliphatic heterocycles. The summed E-state index contributed by atoms with van der Waals surface area (Å²) in [6, 6.07) is 5.90. The summed E-state index contributed by atoms with van der Waals surface area (Å²) >= 11 is 0. The molecule has 0 saturated carbocycles. The van der Waals surface area contributed by atoms with Gasteiger partial charge in [0, 0.05) is 30.9 Å². The normalized spacial score (nSPS) is 21.6. The molecule has 1 aromatic rings. The third-order valence-corrected chi connectivity index (χ3v) is 3.88. The van der Waals surface area contributed by atoms with Gasteiger partial charge in [0.1, 0.15) is 0 Å². The fraction of sp³-hybridized carbons (Fsp3) is 0.533. The number of anilines is 1. The summed E-state index contributed by atoms with van der Waals surface area (Å²) in [5.74, 6) is 0.495. The lowest BCUT2D eigenvalue weighted by atomic mass is 10.0. The van der Waals surface area contributed by atoms with E-state index in [9.17, 15) is 4.79 Å². The maximum absolute atomic E-state index is 12.1. The number of nitrogens with one attached hydrogen (secondary N) is 2. The van der Waals surface area contributed by atoms with Crippen LogP contribution >= 0.6 is 0 Å². The minimum Gasteiger partial charge on any atom is -0.384 e. The van der Waals surface area contributed by atoms with E-state index < -0.39 is 0 Å². The van der Waals surface area contributed by atoms with Gasteiger partial charge in [0.15, 0.2) is 0 Å². The van der Waals surface area contributed by atoms with Gasteiger partial charge in [0.05, 0.1) is 6.61 Å². The molecule has 0 radical (unpaired) electrons. The molecular formula is C15H20N2O2. The third-order valence-electron chi connectivity index (χ3n) is 3.88. The number of amides is 1. The van der Waals surface area contributed by atoms with Crippen LogP contribution in [-0.4, -0.2) is 32.2 Å². The van der Waals surface area contributed by atoms with Crippen LogP contribution in [0.25, 0.3) is 0 Å². The van der Waals surface area contributed by atoms with Crippen molar-refractivity contribution in [3.05, 3.63) is 29.3 Å². The Morgan fingerprint density at radius 1 is 1.47 bits per heavy atom. The molecule has 3 rings (SSSR count). The molecular weight excluding hydrogens is 240 g/mol. The number of carbonyl (C=O) groups excluding carboxylic acids is 1. The Morgan fingerprint density at radius 3 is 3.26 bits per heavy atom. The van der Waals surface area contributed by atoms with Crippen LogP contribution in [0, 0.1) is 5.92 Å². The molecule has 2 heterocycles. The predicted octanol–water partition coefficient (Wildman–Crippen LogP) is 1.81. The molecule has 1 atom stereocenters. The molecule has 0 bridgehead atoms. The molecule has 19 heavy (non-hydrogen) atoms. The van der Waals surface area contributed by atoms with Gasteiger partial charge in [0.25, 0.3) is 5.91 Å². The Morgan fingerprint density at radius 2 is 2.42 bits per heavy atom. The Labute approximate surface area is 113 Å². The van der Waals surface area contributed by atoms with E-state index in [2.05, 4.69) is 10.6 Å². The zero-order valence-corrected chi connectivity index (χ0v) is 11.1. The first-order valence-electron chi connectivity index (χ1n) is 7.05. The number of hydrogen-bond donors (Lipinski definition) is 2. The number of carbonyl (C=O) groups is 1. The molecule has 1 amide bonds. The van der Waals surface area contributed by atoms with E-state index in [1.807, 2.05) is 18.2 Å². The van der Waals surface area contributed by atoms with Crippen LogP contribution in [0.2, 0.25) is 0 Å². The molecule has 0 aromatic heterocycles. The van der Waals surface area contributed by atoms with Crippen molar-refractivity contribution in [2.45, 2.75) is 19.3 Å². The summed E-state index contributed by atoms with van der Waals surface area (Å²) < 4.78 is 5.42. The second-order valence-corrected chi connectivity index (χ2v) is 5.34. The van der Waals surface area contributed by atoms with E-state index in [4.69, 9.17) is 4.74 Å². The van der Waals surface area contributed by atoms with Crippen molar-refractivity contribution in [2.75, 3.05) is 31.6 Å². The van der Waals surface area contributed by atoms with Gasteiger partial charge in [-0.15, -0.1) is 0 Å². The van der Waals surface area contributed by atoms with Crippen LogP contribution in [-0.2, 0) is 11.2 Å². The zero-order valence-electron chi connectivity index (χ0n) is 11.1. The minimum atomic E-state index is 0.0280. The highest BCUT2D eigenvalue weighted by atomic mass is 16.5. The Bertz CT molecular complexity index is 467. The maximum atomic E-state index is 12.1. The first-order chi connectivity index (χ1) is 9.33. The van der Waals surface area contributed by atoms with E-state index >= 15 is 0 Å². The van der Waals surface area contributed by atoms with E-state index in [1.165, 1.54) is 5.56 Å². The minimum absolute atomic E-state index is 0.0280. The number of rotatable bonds is 3. The van der Waals surface area contributed by atoms with Crippen LogP contribution in [0.5, 0.6) is 0 Å². The van der Waals surface area contributed by atoms with Crippen LogP contribution in [0.4, 0.5) is 5.69 Å². The smallest absolute Gasteiger partial charge is 0.251 e. The summed E-state index contributed by atoms with van der Waals surface area (Å²) in [6.45, 7) is 3.32. The SMILES string of the molecule is O=C(NCC1CCCOC1)c1ccc2c(c1)CCN2. The van der Waals surface area contributed by atoms with Crippen molar-refractivity contribution in [3.63, 3.8) is 0 Å².